The Balaban J connectivity index is 0.896. The van der Waals surface area contributed by atoms with Gasteiger partial charge in [0.05, 0.1) is 62.5 Å². The predicted octanol–water partition coefficient (Wildman–Crippen LogP) is -4.74. The summed E-state index contributed by atoms with van der Waals surface area (Å²) < 4.78 is 54.4. The molecule has 8 fully saturated rings. The molecule has 3 unspecified atom stereocenters. The highest BCUT2D eigenvalue weighted by Gasteiger charge is 2.71. The van der Waals surface area contributed by atoms with Crippen LogP contribution in [-0.4, -0.2) is 301 Å². The topological polar surface area (TPSA) is 467 Å². The first kappa shape index (κ1) is 71.9. The molecule has 9 rings (SSSR count). The number of allylic oxidation sites excluding steroid dienone is 1. The number of ether oxygens (including phenoxy) is 9. The van der Waals surface area contributed by atoms with Crippen molar-refractivity contribution < 1.29 is 140 Å². The van der Waals surface area contributed by atoms with E-state index in [1.54, 1.807) is 0 Å². The predicted molar refractivity (Wildman–Crippen MR) is 303 cm³/mol. The van der Waals surface area contributed by atoms with E-state index in [0.717, 1.165) is 18.4 Å². The maximum Gasteiger partial charge on any atom is 0.187 e. The van der Waals surface area contributed by atoms with E-state index in [1.165, 1.54) is 13.8 Å². The van der Waals surface area contributed by atoms with Gasteiger partial charge in [0.1, 0.15) is 110 Å². The summed E-state index contributed by atoms with van der Waals surface area (Å²) in [5.41, 5.74) is -2.46. The van der Waals surface area contributed by atoms with Crippen molar-refractivity contribution in [3.63, 3.8) is 0 Å². The van der Waals surface area contributed by atoms with Crippen molar-refractivity contribution in [1.82, 2.24) is 0 Å². The van der Waals surface area contributed by atoms with Crippen LogP contribution in [0.2, 0.25) is 0 Å². The van der Waals surface area contributed by atoms with E-state index in [1.807, 2.05) is 0 Å². The Bertz CT molecular complexity index is 2340. The molecule has 28 nitrogen and oxygen atoms in total. The summed E-state index contributed by atoms with van der Waals surface area (Å²) in [6.45, 7) is 12.7. The molecule has 0 spiro atoms. The Kier molecular flexibility index (Phi) is 22.3. The lowest BCUT2D eigenvalue weighted by Gasteiger charge is -2.67. The van der Waals surface area contributed by atoms with Crippen LogP contribution in [0.3, 0.4) is 0 Å². The molecule has 89 heavy (non-hydrogen) atoms. The van der Waals surface area contributed by atoms with Gasteiger partial charge in [-0.2, -0.15) is 0 Å². The van der Waals surface area contributed by atoms with Crippen LogP contribution in [0.1, 0.15) is 113 Å². The van der Waals surface area contributed by atoms with Gasteiger partial charge < -0.3 is 140 Å². The Morgan fingerprint density at radius 1 is 0.551 bits per heavy atom. The Morgan fingerprint density at radius 3 is 1.70 bits per heavy atom. The fourth-order valence-electron chi connectivity index (χ4n) is 17.6. The minimum Gasteiger partial charge on any atom is -0.396 e. The molecular formula is C61H104O28. The molecule has 4 heterocycles. The Morgan fingerprint density at radius 2 is 1.10 bits per heavy atom. The van der Waals surface area contributed by atoms with Crippen LogP contribution in [-0.2, 0) is 42.6 Å². The highest BCUT2D eigenvalue weighted by Crippen LogP contribution is 2.75. The Hall–Kier alpha value is -1.38. The highest BCUT2D eigenvalue weighted by atomic mass is 16.8. The smallest absolute Gasteiger partial charge is 0.187 e. The van der Waals surface area contributed by atoms with Crippen LogP contribution >= 0.6 is 0 Å². The number of hydrogen-bond donors (Lipinski definition) is 19. The van der Waals surface area contributed by atoms with Crippen molar-refractivity contribution in [2.45, 2.75) is 284 Å². The van der Waals surface area contributed by atoms with E-state index in [4.69, 9.17) is 42.6 Å². The fourth-order valence-corrected chi connectivity index (χ4v) is 17.6. The van der Waals surface area contributed by atoms with Crippen molar-refractivity contribution in [3.8, 4) is 0 Å². The average Bonchev–Trinajstić information content (AvgIpc) is 1.66. The maximum absolute atomic E-state index is 12.9. The second kappa shape index (κ2) is 27.6. The molecule has 4 saturated carbocycles. The van der Waals surface area contributed by atoms with Crippen LogP contribution in [0.5, 0.6) is 0 Å². The molecule has 0 aromatic heterocycles. The lowest BCUT2D eigenvalue weighted by atomic mass is 9.38. The Labute approximate surface area is 518 Å². The van der Waals surface area contributed by atoms with Crippen LogP contribution in [0.4, 0.5) is 0 Å². The third-order valence-electron chi connectivity index (χ3n) is 23.4. The zero-order chi connectivity index (χ0) is 65.5. The summed E-state index contributed by atoms with van der Waals surface area (Å²) >= 11 is 0. The van der Waals surface area contributed by atoms with E-state index in [2.05, 4.69) is 47.6 Å². The average molecular weight is 1290 g/mol. The fraction of sp³-hybridized carbons (Fsp3) is 0.967. The van der Waals surface area contributed by atoms with Crippen LogP contribution in [0.25, 0.3) is 0 Å². The first-order chi connectivity index (χ1) is 41.7. The van der Waals surface area contributed by atoms with E-state index in [9.17, 15) is 97.0 Å². The minimum absolute atomic E-state index is 0.0346. The minimum atomic E-state index is -1.96. The molecule has 9 aliphatic rings. The summed E-state index contributed by atoms with van der Waals surface area (Å²) in [6.07, 6.45) is -35.0. The van der Waals surface area contributed by atoms with E-state index in [0.29, 0.717) is 32.1 Å². The highest BCUT2D eigenvalue weighted by molar-refractivity contribution is 5.32. The van der Waals surface area contributed by atoms with E-state index < -0.39 is 221 Å². The molecule has 35 atom stereocenters. The molecule has 516 valence electrons. The normalized spacial score (nSPS) is 51.8. The van der Waals surface area contributed by atoms with Gasteiger partial charge in [-0.3, -0.25) is 0 Å². The zero-order valence-electron chi connectivity index (χ0n) is 52.1. The van der Waals surface area contributed by atoms with Gasteiger partial charge >= 0.3 is 0 Å². The van der Waals surface area contributed by atoms with E-state index >= 15 is 0 Å². The van der Waals surface area contributed by atoms with Crippen molar-refractivity contribution >= 4 is 0 Å². The van der Waals surface area contributed by atoms with Gasteiger partial charge in [0, 0.05) is 23.4 Å². The molecule has 5 aliphatic carbocycles. The molecule has 19 N–H and O–H groups in total. The molecule has 0 aromatic rings. The van der Waals surface area contributed by atoms with Gasteiger partial charge in [-0.25, -0.2) is 0 Å². The van der Waals surface area contributed by atoms with Crippen LogP contribution in [0, 0.1) is 51.2 Å². The number of rotatable bonds is 20. The third kappa shape index (κ3) is 13.0. The third-order valence-corrected chi connectivity index (χ3v) is 23.4. The summed E-state index contributed by atoms with van der Waals surface area (Å²) in [4.78, 5) is 0. The van der Waals surface area contributed by atoms with E-state index in [-0.39, 0.29) is 47.3 Å². The first-order valence-corrected chi connectivity index (χ1v) is 31.9. The quantitative estimate of drug-likeness (QED) is 0.0509. The second-order valence-electron chi connectivity index (χ2n) is 29.2. The van der Waals surface area contributed by atoms with Gasteiger partial charge in [-0.1, -0.05) is 53.2 Å². The summed E-state index contributed by atoms with van der Waals surface area (Å²) in [5, 5.41) is 206. The molecule has 0 bridgehead atoms. The molecule has 28 heteroatoms. The largest absolute Gasteiger partial charge is 0.396 e. The second-order valence-corrected chi connectivity index (χ2v) is 29.2. The molecule has 0 aromatic carbocycles. The van der Waals surface area contributed by atoms with Crippen molar-refractivity contribution in [2.75, 3.05) is 33.0 Å². The van der Waals surface area contributed by atoms with Gasteiger partial charge in [0.25, 0.3) is 0 Å². The number of hydrogen-bond acceptors (Lipinski definition) is 28. The number of aliphatic hydroxyl groups excluding tert-OH is 18. The SMILES string of the molecule is C[C@H](CC[C@@H](O[C@@H]1O[C@H](CO[C@@H]2O[C@H](CO)[C@@H](O)[C@H](O)[C@H]2O)[C@@H](O)[C@H](O)[C@H]1O[C@@H]1O[C@H](CO)[C@@H](O)[C@H](O)[C@H]1O)C(C)(C)O)C1CC[C@@]2(C)C3CC=C4C(CC[C@H](O[C@@H]5O[C@H](CO)[C@@H](O)[C@H](O[C@@H]6C[C@H](CO)[C@@H](O)[C@H](O)[C@H]6O)[C@H]5O)C4(C)C)[C@]3(C)[C@H](O)C[C@]12C. The van der Waals surface area contributed by atoms with Gasteiger partial charge in [0.2, 0.25) is 0 Å². The first-order valence-electron chi connectivity index (χ1n) is 31.9. The van der Waals surface area contributed by atoms with Gasteiger partial charge in [-0.05, 0) is 106 Å². The maximum atomic E-state index is 12.9. The summed E-state index contributed by atoms with van der Waals surface area (Å²) in [5.74, 6) is -0.864. The molecular weight excluding hydrogens is 1180 g/mol. The summed E-state index contributed by atoms with van der Waals surface area (Å²) in [7, 11) is 0. The van der Waals surface area contributed by atoms with Crippen LogP contribution in [0.15, 0.2) is 11.6 Å². The summed E-state index contributed by atoms with van der Waals surface area (Å²) in [6, 6.07) is 0. The lowest BCUT2D eigenvalue weighted by Crippen LogP contribution is -2.65. The zero-order valence-corrected chi connectivity index (χ0v) is 52.1. The molecule has 4 saturated heterocycles. The van der Waals surface area contributed by atoms with Gasteiger partial charge in [0.15, 0.2) is 25.2 Å². The van der Waals surface area contributed by atoms with Gasteiger partial charge in [-0.15, -0.1) is 0 Å². The van der Waals surface area contributed by atoms with Crippen molar-refractivity contribution in [3.05, 3.63) is 11.6 Å². The van der Waals surface area contributed by atoms with Crippen molar-refractivity contribution in [1.29, 1.82) is 0 Å². The molecule has 4 aliphatic heterocycles. The standard InChI is InChI=1S/C61H104O28/c1-24(9-13-37(58(4,5)80)88-56-52(89-54-49(78)46(75)41(70)31(21-64)84-54)47(76)42(71)33(86-56)23-81-53-48(77)45(74)40(69)30(20-63)83-53)26-15-16-59(6)34-12-10-27-28(61(34,8)35(66)18-60(26,59)7)11-14-36(57(27,2)3)87-55-50(79)51(43(72)32(22-65)85-55)82-29-17-25(19-62)38(67)44(73)39(29)68/h10,24-26,28-56,62-80H,9,11-23H2,1-8H3/t24-,25-,26?,28?,29-,30-,31-,32-,33-,34?,35-,36+,37-,38-,39+,40-,41-,42-,43-,44+,45+,46+,47+,48-,49-,50-,51+,52-,53-,54+,55+,56+,59+,60-,61+/m1/s1. The number of aliphatic hydroxyl groups is 19. The van der Waals surface area contributed by atoms with Crippen LogP contribution < -0.4 is 0 Å². The van der Waals surface area contributed by atoms with Crippen molar-refractivity contribution in [2.24, 2.45) is 51.2 Å². The lowest BCUT2D eigenvalue weighted by molar-refractivity contribution is -0.380. The molecule has 0 amide bonds. The molecule has 0 radical (unpaired) electrons. The monoisotopic (exact) mass is 1280 g/mol. The number of fused-ring (bicyclic) bond motifs is 5.